The highest BCUT2D eigenvalue weighted by atomic mass is 15.2. The highest BCUT2D eigenvalue weighted by Gasteiger charge is 2.04. The van der Waals surface area contributed by atoms with Crippen LogP contribution >= 0.6 is 0 Å². The van der Waals surface area contributed by atoms with Crippen LogP contribution in [0.5, 0.6) is 0 Å². The molecule has 2 aromatic rings. The minimum atomic E-state index is 1.14. The molecule has 0 amide bonds. The maximum Gasteiger partial charge on any atom is 0.0952 e. The van der Waals surface area contributed by atoms with Gasteiger partial charge in [-0.1, -0.05) is 33.3 Å². The van der Waals surface area contributed by atoms with E-state index in [1.54, 1.807) is 0 Å². The Morgan fingerprint density at radius 3 is 2.59 bits per heavy atom. The van der Waals surface area contributed by atoms with E-state index in [1.165, 1.54) is 35.8 Å². The average Bonchev–Trinajstić information content (AvgIpc) is 2.70. The predicted octanol–water partition coefficient (Wildman–Crippen LogP) is 4.25. The van der Waals surface area contributed by atoms with Crippen molar-refractivity contribution >= 4 is 10.9 Å². The molecule has 1 heterocycles. The number of nitrogens with zero attached hydrogens (tertiary/aromatic N) is 2. The molecule has 0 fully saturated rings. The zero-order valence-corrected chi connectivity index (χ0v) is 11.7. The molecule has 0 aliphatic heterocycles. The van der Waals surface area contributed by atoms with Crippen molar-refractivity contribution in [2.45, 2.75) is 47.0 Å². The summed E-state index contributed by atoms with van der Waals surface area (Å²) in [4.78, 5) is 0. The van der Waals surface area contributed by atoms with Crippen molar-refractivity contribution in [3.8, 4) is 0 Å². The quantitative estimate of drug-likeness (QED) is 0.773. The molecule has 94 valence electrons. The van der Waals surface area contributed by atoms with Gasteiger partial charge in [-0.3, -0.25) is 4.68 Å². The second-order valence-electron chi connectivity index (χ2n) is 4.26. The SMILES string of the molecule is CC.CCCCc1cc(C)c2nn(C)cc2c1. The molecule has 2 nitrogen and oxygen atoms in total. The Kier molecular flexibility index (Phi) is 5.20. The maximum absolute atomic E-state index is 4.45. The van der Waals surface area contributed by atoms with Crippen LogP contribution in [0.15, 0.2) is 18.3 Å². The maximum atomic E-state index is 4.45. The van der Waals surface area contributed by atoms with E-state index in [0.29, 0.717) is 0 Å². The summed E-state index contributed by atoms with van der Waals surface area (Å²) < 4.78 is 1.89. The van der Waals surface area contributed by atoms with Gasteiger partial charge in [0.1, 0.15) is 0 Å². The van der Waals surface area contributed by atoms with E-state index in [2.05, 4.69) is 37.3 Å². The van der Waals surface area contributed by atoms with E-state index in [1.807, 2.05) is 25.6 Å². The van der Waals surface area contributed by atoms with Crippen LogP contribution in [-0.2, 0) is 13.5 Å². The van der Waals surface area contributed by atoms with Crippen molar-refractivity contribution in [1.82, 2.24) is 9.78 Å². The molecule has 17 heavy (non-hydrogen) atoms. The number of fused-ring (bicyclic) bond motifs is 1. The molecule has 0 saturated carbocycles. The van der Waals surface area contributed by atoms with Crippen molar-refractivity contribution in [3.63, 3.8) is 0 Å². The lowest BCUT2D eigenvalue weighted by molar-refractivity contribution is 0.779. The summed E-state index contributed by atoms with van der Waals surface area (Å²) in [6.07, 6.45) is 5.80. The van der Waals surface area contributed by atoms with E-state index in [-0.39, 0.29) is 0 Å². The topological polar surface area (TPSA) is 17.8 Å². The van der Waals surface area contributed by atoms with Crippen LogP contribution < -0.4 is 0 Å². The largest absolute Gasteiger partial charge is 0.275 e. The highest BCUT2D eigenvalue weighted by Crippen LogP contribution is 2.20. The molecular formula is C15H24N2. The van der Waals surface area contributed by atoms with Gasteiger partial charge in [0.15, 0.2) is 0 Å². The Morgan fingerprint density at radius 2 is 1.94 bits per heavy atom. The second kappa shape index (κ2) is 6.43. The summed E-state index contributed by atoms with van der Waals surface area (Å²) in [6.45, 7) is 8.38. The van der Waals surface area contributed by atoms with Crippen molar-refractivity contribution in [2.24, 2.45) is 7.05 Å². The summed E-state index contributed by atoms with van der Waals surface area (Å²) in [5, 5.41) is 5.72. The third-order valence-electron chi connectivity index (χ3n) is 2.79. The van der Waals surface area contributed by atoms with Gasteiger partial charge in [-0.05, 0) is 37.0 Å². The van der Waals surface area contributed by atoms with Gasteiger partial charge in [-0.2, -0.15) is 5.10 Å². The first-order chi connectivity index (χ1) is 8.20. The first-order valence-electron chi connectivity index (χ1n) is 6.63. The fraction of sp³-hybridized carbons (Fsp3) is 0.533. The van der Waals surface area contributed by atoms with Crippen molar-refractivity contribution in [1.29, 1.82) is 0 Å². The van der Waals surface area contributed by atoms with Crippen molar-refractivity contribution in [3.05, 3.63) is 29.5 Å². The number of hydrogen-bond acceptors (Lipinski definition) is 1. The molecule has 1 aromatic carbocycles. The molecular weight excluding hydrogens is 208 g/mol. The Labute approximate surface area is 105 Å². The van der Waals surface area contributed by atoms with Gasteiger partial charge >= 0.3 is 0 Å². The summed E-state index contributed by atoms with van der Waals surface area (Å²) in [5.41, 5.74) is 3.87. The van der Waals surface area contributed by atoms with E-state index in [0.717, 1.165) is 5.52 Å². The third kappa shape index (κ3) is 3.32. The number of rotatable bonds is 3. The monoisotopic (exact) mass is 232 g/mol. The number of benzene rings is 1. The zero-order chi connectivity index (χ0) is 12.8. The Hall–Kier alpha value is -1.31. The molecule has 2 rings (SSSR count). The molecule has 0 aliphatic carbocycles. The van der Waals surface area contributed by atoms with Crippen LogP contribution in [0.1, 0.15) is 44.7 Å². The average molecular weight is 232 g/mol. The number of hydrogen-bond donors (Lipinski definition) is 0. The lowest BCUT2D eigenvalue weighted by Gasteiger charge is -2.02. The lowest BCUT2D eigenvalue weighted by Crippen LogP contribution is -1.88. The molecule has 0 spiro atoms. The Balaban J connectivity index is 0.000000686. The fourth-order valence-corrected chi connectivity index (χ4v) is 2.03. The third-order valence-corrected chi connectivity index (χ3v) is 2.79. The Morgan fingerprint density at radius 1 is 1.24 bits per heavy atom. The van der Waals surface area contributed by atoms with Crippen LogP contribution in [0.25, 0.3) is 10.9 Å². The molecule has 0 N–H and O–H groups in total. The van der Waals surface area contributed by atoms with Gasteiger partial charge in [-0.25, -0.2) is 0 Å². The Bertz CT molecular complexity index is 469. The molecule has 0 aliphatic rings. The molecule has 0 radical (unpaired) electrons. The van der Waals surface area contributed by atoms with Crippen molar-refractivity contribution in [2.75, 3.05) is 0 Å². The summed E-state index contributed by atoms with van der Waals surface area (Å²) >= 11 is 0. The van der Waals surface area contributed by atoms with E-state index < -0.39 is 0 Å². The van der Waals surface area contributed by atoms with E-state index in [4.69, 9.17) is 0 Å². The highest BCUT2D eigenvalue weighted by molar-refractivity contribution is 5.82. The summed E-state index contributed by atoms with van der Waals surface area (Å²) in [7, 11) is 1.98. The van der Waals surface area contributed by atoms with Gasteiger partial charge < -0.3 is 0 Å². The molecule has 1 aromatic heterocycles. The summed E-state index contributed by atoms with van der Waals surface area (Å²) in [6, 6.07) is 4.54. The van der Waals surface area contributed by atoms with Gasteiger partial charge in [0.2, 0.25) is 0 Å². The van der Waals surface area contributed by atoms with Crippen LogP contribution in [-0.4, -0.2) is 9.78 Å². The van der Waals surface area contributed by atoms with Crippen LogP contribution in [0.3, 0.4) is 0 Å². The van der Waals surface area contributed by atoms with Gasteiger partial charge in [-0.15, -0.1) is 0 Å². The fourth-order valence-electron chi connectivity index (χ4n) is 2.03. The standard InChI is InChI=1S/C13H18N2.C2H6/c1-4-5-6-11-7-10(2)13-12(8-11)9-15(3)14-13;1-2/h7-9H,4-6H2,1-3H3;1-2H3. The smallest absolute Gasteiger partial charge is 0.0952 e. The van der Waals surface area contributed by atoms with Crippen LogP contribution in [0, 0.1) is 6.92 Å². The van der Waals surface area contributed by atoms with Crippen LogP contribution in [0.2, 0.25) is 0 Å². The van der Waals surface area contributed by atoms with E-state index in [9.17, 15) is 0 Å². The first kappa shape index (κ1) is 13.8. The molecule has 0 bridgehead atoms. The normalized spacial score (nSPS) is 10.2. The van der Waals surface area contributed by atoms with Gasteiger partial charge in [0, 0.05) is 18.6 Å². The first-order valence-corrected chi connectivity index (χ1v) is 6.63. The lowest BCUT2D eigenvalue weighted by atomic mass is 10.0. The molecule has 0 unspecified atom stereocenters. The zero-order valence-electron chi connectivity index (χ0n) is 11.7. The predicted molar refractivity (Wildman–Crippen MR) is 75.4 cm³/mol. The second-order valence-corrected chi connectivity index (χ2v) is 4.26. The van der Waals surface area contributed by atoms with Crippen LogP contribution in [0.4, 0.5) is 0 Å². The number of aromatic nitrogens is 2. The minimum absolute atomic E-state index is 1.14. The molecule has 0 saturated heterocycles. The van der Waals surface area contributed by atoms with Gasteiger partial charge in [0.05, 0.1) is 5.52 Å². The summed E-state index contributed by atoms with van der Waals surface area (Å²) in [5.74, 6) is 0. The number of aryl methyl sites for hydroxylation is 3. The van der Waals surface area contributed by atoms with Gasteiger partial charge in [0.25, 0.3) is 0 Å². The number of unbranched alkanes of at least 4 members (excludes halogenated alkanes) is 1. The minimum Gasteiger partial charge on any atom is -0.275 e. The molecule has 0 atom stereocenters. The van der Waals surface area contributed by atoms with Crippen molar-refractivity contribution < 1.29 is 0 Å². The van der Waals surface area contributed by atoms with E-state index >= 15 is 0 Å². The molecule has 2 heteroatoms.